The zero-order valence-electron chi connectivity index (χ0n) is 12.9. The Labute approximate surface area is 183 Å². The van der Waals surface area contributed by atoms with Crippen molar-refractivity contribution in [2.75, 3.05) is 0 Å². The topological polar surface area (TPSA) is 56.0 Å². The Balaban J connectivity index is 2.36. The first kappa shape index (κ1) is 20.5. The van der Waals surface area contributed by atoms with Gasteiger partial charge < -0.3 is 0 Å². The fourth-order valence-electron chi connectivity index (χ4n) is 2.42. The van der Waals surface area contributed by atoms with Crippen molar-refractivity contribution in [1.82, 2.24) is 4.98 Å². The zero-order chi connectivity index (χ0) is 19.9. The van der Waals surface area contributed by atoms with Crippen LogP contribution in [0.5, 0.6) is 0 Å². The molecule has 0 aliphatic heterocycles. The summed E-state index contributed by atoms with van der Waals surface area (Å²) in [7, 11) is 0. The number of rotatable bonds is 3. The van der Waals surface area contributed by atoms with Crippen molar-refractivity contribution >= 4 is 75.3 Å². The van der Waals surface area contributed by atoms with Gasteiger partial charge in [0.25, 0.3) is 5.69 Å². The number of hydrogen-bond acceptors (Lipinski definition) is 3. The Bertz CT molecular complexity index is 1090. The molecule has 27 heavy (non-hydrogen) atoms. The third-order valence-corrected chi connectivity index (χ3v) is 6.29. The monoisotopic (exact) mass is 480 g/mol. The highest BCUT2D eigenvalue weighted by molar-refractivity contribution is 6.50. The van der Waals surface area contributed by atoms with E-state index < -0.39 is 4.92 Å². The molecule has 1 aromatic heterocycles. The summed E-state index contributed by atoms with van der Waals surface area (Å²) in [5.74, 6) is 0. The van der Waals surface area contributed by atoms with Crippen LogP contribution in [0.4, 0.5) is 5.69 Å². The van der Waals surface area contributed by atoms with Gasteiger partial charge in [-0.2, -0.15) is 0 Å². The molecule has 138 valence electrons. The molecule has 0 bridgehead atoms. The predicted octanol–water partition coefficient (Wildman–Crippen LogP) is 8.24. The van der Waals surface area contributed by atoms with Crippen LogP contribution in [0.15, 0.2) is 36.5 Å². The van der Waals surface area contributed by atoms with E-state index in [1.54, 1.807) is 18.2 Å². The molecule has 0 atom stereocenters. The molecule has 0 fully saturated rings. The maximum Gasteiger partial charge on any atom is 0.288 e. The van der Waals surface area contributed by atoms with E-state index in [9.17, 15) is 10.1 Å². The van der Waals surface area contributed by atoms with E-state index in [0.29, 0.717) is 22.4 Å². The smallest absolute Gasteiger partial charge is 0.258 e. The molecule has 0 saturated heterocycles. The number of halogens is 6. The summed E-state index contributed by atoms with van der Waals surface area (Å²) in [6.45, 7) is 0. The molecule has 0 saturated carbocycles. The van der Waals surface area contributed by atoms with E-state index in [4.69, 9.17) is 69.6 Å². The highest BCUT2D eigenvalue weighted by Crippen LogP contribution is 2.45. The summed E-state index contributed by atoms with van der Waals surface area (Å²) in [6, 6.07) is 7.61. The summed E-state index contributed by atoms with van der Waals surface area (Å²) in [5.41, 5.74) is 1.27. The maximum absolute atomic E-state index is 11.2. The molecule has 1 heterocycles. The molecule has 3 aromatic rings. The van der Waals surface area contributed by atoms with Crippen LogP contribution in [0.2, 0.25) is 30.1 Å². The van der Waals surface area contributed by atoms with Crippen LogP contribution in [-0.2, 0) is 0 Å². The highest BCUT2D eigenvalue weighted by atomic mass is 35.5. The number of aromatic nitrogens is 1. The minimum absolute atomic E-state index is 0.119. The third-order valence-electron chi connectivity index (χ3n) is 3.70. The van der Waals surface area contributed by atoms with Crippen LogP contribution in [0.3, 0.4) is 0 Å². The van der Waals surface area contributed by atoms with E-state index in [-0.39, 0.29) is 35.8 Å². The lowest BCUT2D eigenvalue weighted by atomic mass is 9.98. The van der Waals surface area contributed by atoms with Crippen molar-refractivity contribution in [3.05, 3.63) is 76.8 Å². The zero-order valence-corrected chi connectivity index (χ0v) is 17.5. The molecule has 0 aliphatic carbocycles. The standard InChI is InChI=1S/C17H6Cl6N2O2/c18-11-3-1-8(13(20)15(11)22)10-5-7(25(26)27)6-24-17(10)9-2-4-12(19)16(23)14(9)21/h1-6H. The van der Waals surface area contributed by atoms with Crippen LogP contribution in [-0.4, -0.2) is 9.91 Å². The minimum Gasteiger partial charge on any atom is -0.258 e. The van der Waals surface area contributed by atoms with Gasteiger partial charge in [0.05, 0.1) is 40.8 Å². The number of nitrogens with zero attached hydrogens (tertiary/aromatic N) is 2. The second-order valence-corrected chi connectivity index (χ2v) is 7.62. The Morgan fingerprint density at radius 2 is 1.26 bits per heavy atom. The molecular formula is C17H6Cl6N2O2. The Kier molecular flexibility index (Phi) is 6.06. The molecule has 0 N–H and O–H groups in total. The predicted molar refractivity (Wildman–Crippen MR) is 112 cm³/mol. The van der Waals surface area contributed by atoms with Crippen LogP contribution in [0.25, 0.3) is 22.4 Å². The van der Waals surface area contributed by atoms with Crippen molar-refractivity contribution in [3.8, 4) is 22.4 Å². The van der Waals surface area contributed by atoms with Crippen LogP contribution >= 0.6 is 69.6 Å². The number of nitro groups is 1. The summed E-state index contributed by atoms with van der Waals surface area (Å²) < 4.78 is 0. The fourth-order valence-corrected chi connectivity index (χ4v) is 3.68. The van der Waals surface area contributed by atoms with Gasteiger partial charge in [0.15, 0.2) is 0 Å². The first-order valence-electron chi connectivity index (χ1n) is 7.14. The lowest BCUT2D eigenvalue weighted by Crippen LogP contribution is -1.96. The second-order valence-electron chi connectivity index (χ2n) is 5.29. The van der Waals surface area contributed by atoms with Crippen molar-refractivity contribution in [2.24, 2.45) is 0 Å². The van der Waals surface area contributed by atoms with Gasteiger partial charge in [0.1, 0.15) is 6.20 Å². The molecular weight excluding hydrogens is 477 g/mol. The number of benzene rings is 2. The summed E-state index contributed by atoms with van der Waals surface area (Å²) in [6.07, 6.45) is 1.11. The molecule has 0 aliphatic rings. The molecule has 0 unspecified atom stereocenters. The molecule has 0 amide bonds. The van der Waals surface area contributed by atoms with Crippen molar-refractivity contribution in [2.45, 2.75) is 0 Å². The van der Waals surface area contributed by atoms with Crippen LogP contribution in [0.1, 0.15) is 0 Å². The Morgan fingerprint density at radius 1 is 0.741 bits per heavy atom. The first-order chi connectivity index (χ1) is 12.7. The van der Waals surface area contributed by atoms with Crippen LogP contribution < -0.4 is 0 Å². The van der Waals surface area contributed by atoms with Gasteiger partial charge in [-0.1, -0.05) is 75.7 Å². The average molecular weight is 483 g/mol. The lowest BCUT2D eigenvalue weighted by molar-refractivity contribution is -0.385. The highest BCUT2D eigenvalue weighted by Gasteiger charge is 2.22. The lowest BCUT2D eigenvalue weighted by Gasteiger charge is -2.14. The quantitative estimate of drug-likeness (QED) is 0.214. The van der Waals surface area contributed by atoms with Crippen molar-refractivity contribution in [1.29, 1.82) is 0 Å². The summed E-state index contributed by atoms with van der Waals surface area (Å²) in [5, 5.41) is 12.3. The molecule has 3 rings (SSSR count). The molecule has 2 aromatic carbocycles. The largest absolute Gasteiger partial charge is 0.288 e. The van der Waals surface area contributed by atoms with Gasteiger partial charge in [-0.15, -0.1) is 0 Å². The van der Waals surface area contributed by atoms with E-state index >= 15 is 0 Å². The van der Waals surface area contributed by atoms with Gasteiger partial charge in [-0.3, -0.25) is 10.1 Å². The van der Waals surface area contributed by atoms with Crippen molar-refractivity contribution in [3.63, 3.8) is 0 Å². The molecule has 0 spiro atoms. The van der Waals surface area contributed by atoms with E-state index in [1.165, 1.54) is 12.1 Å². The molecule has 4 nitrogen and oxygen atoms in total. The molecule has 10 heteroatoms. The Morgan fingerprint density at radius 3 is 1.81 bits per heavy atom. The van der Waals surface area contributed by atoms with E-state index in [0.717, 1.165) is 6.20 Å². The van der Waals surface area contributed by atoms with Crippen molar-refractivity contribution < 1.29 is 4.92 Å². The van der Waals surface area contributed by atoms with Gasteiger partial charge in [0, 0.05) is 22.8 Å². The van der Waals surface area contributed by atoms with Gasteiger partial charge >= 0.3 is 0 Å². The van der Waals surface area contributed by atoms with Crippen LogP contribution in [0, 0.1) is 10.1 Å². The SMILES string of the molecule is O=[N+]([O-])c1cnc(-c2ccc(Cl)c(Cl)c2Cl)c(-c2ccc(Cl)c(Cl)c2Cl)c1. The summed E-state index contributed by atoms with van der Waals surface area (Å²) >= 11 is 36.9. The fraction of sp³-hybridized carbons (Fsp3) is 0. The van der Waals surface area contributed by atoms with Gasteiger partial charge in [-0.05, 0) is 18.2 Å². The normalized spacial score (nSPS) is 10.9. The average Bonchev–Trinajstić information content (AvgIpc) is 2.64. The third kappa shape index (κ3) is 3.83. The summed E-state index contributed by atoms with van der Waals surface area (Å²) in [4.78, 5) is 14.9. The minimum atomic E-state index is -0.567. The maximum atomic E-state index is 11.2. The number of pyridine rings is 1. The molecule has 0 radical (unpaired) electrons. The van der Waals surface area contributed by atoms with E-state index in [1.807, 2.05) is 0 Å². The first-order valence-corrected chi connectivity index (χ1v) is 9.41. The Hall–Kier alpha value is -1.27. The second kappa shape index (κ2) is 8.00. The van der Waals surface area contributed by atoms with Gasteiger partial charge in [0.2, 0.25) is 0 Å². The number of hydrogen-bond donors (Lipinski definition) is 0. The van der Waals surface area contributed by atoms with Gasteiger partial charge in [-0.25, -0.2) is 4.98 Å². The van der Waals surface area contributed by atoms with E-state index in [2.05, 4.69) is 4.98 Å².